The zero-order chi connectivity index (χ0) is 26.9. The second-order valence-electron chi connectivity index (χ2n) is 8.12. The van der Waals surface area contributed by atoms with E-state index in [1.807, 2.05) is 25.7 Å². The Hall–Kier alpha value is -2.41. The zero-order valence-corrected chi connectivity index (χ0v) is 21.9. The third-order valence-electron chi connectivity index (χ3n) is 5.49. The number of amides is 1. The molecular weight excluding hydrogens is 453 g/mol. The van der Waals surface area contributed by atoms with Gasteiger partial charge in [-0.1, -0.05) is 52.0 Å². The molecule has 0 heterocycles. The van der Waals surface area contributed by atoms with Crippen molar-refractivity contribution in [2.75, 3.05) is 6.61 Å². The second kappa shape index (κ2) is 17.9. The molecule has 1 N–H and O–H groups in total. The first-order chi connectivity index (χ1) is 16.7. The Morgan fingerprint density at radius 1 is 1.23 bits per heavy atom. The number of halogens is 3. The van der Waals surface area contributed by atoms with Crippen molar-refractivity contribution >= 4 is 12.1 Å². The standard InChI is InChI=1S/C20H28F3NO2.C6H9N.C2H6/c1-3-5-17(6-4-13-25)24(18-11-12-18)19(26)16-9-7-15(8-10-16)14(2)20(21,22)23;1-3-5-6-7-4-2;1-2/h7-10,14,17-18,25H,3-6,11-13H2,1-2H3;3-6H,1H2,2H3;1-2H3/b;6-5-,7-4?;. The van der Waals surface area contributed by atoms with E-state index in [1.165, 1.54) is 24.3 Å². The Morgan fingerprint density at radius 3 is 2.26 bits per heavy atom. The average Bonchev–Trinajstić information content (AvgIpc) is 3.69. The molecule has 1 aliphatic carbocycles. The van der Waals surface area contributed by atoms with Gasteiger partial charge < -0.3 is 10.0 Å². The Balaban J connectivity index is 0.00000110. The number of aliphatic imine (C=N–C) groups is 1. The van der Waals surface area contributed by atoms with E-state index in [9.17, 15) is 18.0 Å². The van der Waals surface area contributed by atoms with Crippen molar-refractivity contribution in [2.45, 2.75) is 97.3 Å². The van der Waals surface area contributed by atoms with Crippen molar-refractivity contribution < 1.29 is 23.1 Å². The fraction of sp³-hybridized carbons (Fsp3) is 0.571. The number of carbonyl (C=O) groups is 1. The van der Waals surface area contributed by atoms with Crippen molar-refractivity contribution in [3.05, 3.63) is 60.3 Å². The van der Waals surface area contributed by atoms with Crippen LogP contribution < -0.4 is 0 Å². The summed E-state index contributed by atoms with van der Waals surface area (Å²) in [5.41, 5.74) is 0.595. The molecule has 0 spiro atoms. The van der Waals surface area contributed by atoms with Crippen molar-refractivity contribution in [2.24, 2.45) is 4.99 Å². The Morgan fingerprint density at radius 2 is 1.83 bits per heavy atom. The summed E-state index contributed by atoms with van der Waals surface area (Å²) >= 11 is 0. The maximum Gasteiger partial charge on any atom is 0.395 e. The van der Waals surface area contributed by atoms with Gasteiger partial charge in [-0.25, -0.2) is 0 Å². The summed E-state index contributed by atoms with van der Waals surface area (Å²) in [4.78, 5) is 18.7. The van der Waals surface area contributed by atoms with Crippen LogP contribution in [0, 0.1) is 0 Å². The van der Waals surface area contributed by atoms with E-state index in [2.05, 4.69) is 18.5 Å². The monoisotopic (exact) mass is 496 g/mol. The molecule has 2 unspecified atom stereocenters. The number of hydrogen-bond donors (Lipinski definition) is 1. The van der Waals surface area contributed by atoms with E-state index in [0.29, 0.717) is 12.0 Å². The number of nitrogens with zero attached hydrogens (tertiary/aromatic N) is 2. The molecule has 1 aliphatic rings. The van der Waals surface area contributed by atoms with E-state index in [-0.39, 0.29) is 30.2 Å². The maximum absolute atomic E-state index is 13.0. The molecule has 0 aromatic heterocycles. The number of allylic oxidation sites excluding steroid dienone is 2. The quantitative estimate of drug-likeness (QED) is 0.252. The lowest BCUT2D eigenvalue weighted by Crippen LogP contribution is -2.42. The van der Waals surface area contributed by atoms with Crippen molar-refractivity contribution in [1.29, 1.82) is 0 Å². The molecule has 7 heteroatoms. The lowest BCUT2D eigenvalue weighted by molar-refractivity contribution is -0.146. The first-order valence-corrected chi connectivity index (χ1v) is 12.6. The molecule has 1 amide bonds. The summed E-state index contributed by atoms with van der Waals surface area (Å²) in [5.74, 6) is -1.67. The first-order valence-electron chi connectivity index (χ1n) is 12.6. The molecule has 2 rings (SSSR count). The predicted molar refractivity (Wildman–Crippen MR) is 140 cm³/mol. The predicted octanol–water partition coefficient (Wildman–Crippen LogP) is 7.70. The summed E-state index contributed by atoms with van der Waals surface area (Å²) in [6.45, 7) is 12.6. The van der Waals surface area contributed by atoms with Crippen LogP contribution in [0.2, 0.25) is 0 Å². The van der Waals surface area contributed by atoms with Gasteiger partial charge in [0.2, 0.25) is 0 Å². The van der Waals surface area contributed by atoms with Gasteiger partial charge in [-0.3, -0.25) is 9.79 Å². The van der Waals surface area contributed by atoms with Crippen LogP contribution in [0.1, 0.15) is 95.0 Å². The highest BCUT2D eigenvalue weighted by Crippen LogP contribution is 2.35. The molecule has 1 saturated carbocycles. The van der Waals surface area contributed by atoms with E-state index < -0.39 is 12.1 Å². The van der Waals surface area contributed by atoms with Gasteiger partial charge in [0, 0.05) is 36.7 Å². The Kier molecular flexibility index (Phi) is 16.7. The molecule has 2 atom stereocenters. The number of benzene rings is 1. The van der Waals surface area contributed by atoms with Gasteiger partial charge in [0.05, 0.1) is 5.92 Å². The van der Waals surface area contributed by atoms with Gasteiger partial charge in [0.1, 0.15) is 0 Å². The smallest absolute Gasteiger partial charge is 0.395 e. The lowest BCUT2D eigenvalue weighted by atomic mass is 9.98. The lowest BCUT2D eigenvalue weighted by Gasteiger charge is -2.32. The SMILES string of the molecule is C=C/C=C\N=CC.CC.CCCC(CCCO)N(C(=O)c1ccc(C(C)C(F)(F)F)cc1)C1CC1. The number of aliphatic hydroxyl groups excluding tert-OH is 1. The van der Waals surface area contributed by atoms with Gasteiger partial charge in [-0.15, -0.1) is 0 Å². The minimum atomic E-state index is -4.29. The number of carbonyl (C=O) groups excluding carboxylic acids is 1. The van der Waals surface area contributed by atoms with E-state index in [0.717, 1.165) is 39.0 Å². The molecule has 1 aromatic rings. The molecule has 1 fully saturated rings. The number of alkyl halides is 3. The molecule has 1 aromatic carbocycles. The van der Waals surface area contributed by atoms with Gasteiger partial charge in [0.25, 0.3) is 5.91 Å². The highest BCUT2D eigenvalue weighted by molar-refractivity contribution is 5.95. The van der Waals surface area contributed by atoms with Crippen LogP contribution in [0.3, 0.4) is 0 Å². The van der Waals surface area contributed by atoms with Gasteiger partial charge in [-0.2, -0.15) is 13.2 Å². The first kappa shape index (κ1) is 32.6. The average molecular weight is 497 g/mol. The number of aliphatic hydroxyl groups is 1. The van der Waals surface area contributed by atoms with Crippen LogP contribution in [-0.2, 0) is 0 Å². The summed E-state index contributed by atoms with van der Waals surface area (Å²) in [6, 6.07) is 6.10. The van der Waals surface area contributed by atoms with Crippen molar-refractivity contribution in [3.8, 4) is 0 Å². The zero-order valence-electron chi connectivity index (χ0n) is 21.9. The molecule has 4 nitrogen and oxygen atoms in total. The minimum absolute atomic E-state index is 0.0703. The molecule has 0 bridgehead atoms. The molecule has 35 heavy (non-hydrogen) atoms. The fourth-order valence-electron chi connectivity index (χ4n) is 3.51. The topological polar surface area (TPSA) is 52.9 Å². The molecule has 0 radical (unpaired) electrons. The summed E-state index contributed by atoms with van der Waals surface area (Å²) in [6.07, 6.45) is 7.71. The minimum Gasteiger partial charge on any atom is -0.396 e. The summed E-state index contributed by atoms with van der Waals surface area (Å²) < 4.78 is 38.5. The van der Waals surface area contributed by atoms with E-state index in [1.54, 1.807) is 24.6 Å². The fourth-order valence-corrected chi connectivity index (χ4v) is 3.51. The Bertz CT molecular complexity index is 769. The molecule has 0 aliphatic heterocycles. The third-order valence-corrected chi connectivity index (χ3v) is 5.49. The van der Waals surface area contributed by atoms with Crippen LogP contribution in [0.4, 0.5) is 13.2 Å². The van der Waals surface area contributed by atoms with Gasteiger partial charge >= 0.3 is 6.18 Å². The van der Waals surface area contributed by atoms with E-state index >= 15 is 0 Å². The second-order valence-corrected chi connectivity index (χ2v) is 8.12. The van der Waals surface area contributed by atoms with Gasteiger partial charge in [0.15, 0.2) is 0 Å². The summed E-state index contributed by atoms with van der Waals surface area (Å²) in [7, 11) is 0. The van der Waals surface area contributed by atoms with Crippen LogP contribution in [0.5, 0.6) is 0 Å². The maximum atomic E-state index is 13.0. The number of rotatable bonds is 11. The largest absolute Gasteiger partial charge is 0.396 e. The van der Waals surface area contributed by atoms with Crippen LogP contribution in [-0.4, -0.2) is 47.0 Å². The highest BCUT2D eigenvalue weighted by atomic mass is 19.4. The summed E-state index contributed by atoms with van der Waals surface area (Å²) in [5, 5.41) is 9.13. The normalized spacial score (nSPS) is 15.0. The van der Waals surface area contributed by atoms with Crippen LogP contribution in [0.25, 0.3) is 0 Å². The third kappa shape index (κ3) is 12.2. The highest BCUT2D eigenvalue weighted by Gasteiger charge is 2.38. The van der Waals surface area contributed by atoms with Crippen LogP contribution >= 0.6 is 0 Å². The molecule has 0 saturated heterocycles. The molecular formula is C28H43F3N2O2. The number of hydrogen-bond acceptors (Lipinski definition) is 3. The van der Waals surface area contributed by atoms with Crippen molar-refractivity contribution in [3.63, 3.8) is 0 Å². The van der Waals surface area contributed by atoms with Crippen molar-refractivity contribution in [1.82, 2.24) is 4.90 Å². The van der Waals surface area contributed by atoms with E-state index in [4.69, 9.17) is 5.11 Å². The van der Waals surface area contributed by atoms with Gasteiger partial charge in [-0.05, 0) is 69.7 Å². The molecule has 198 valence electrons. The Labute approximate surface area is 209 Å². The van der Waals surface area contributed by atoms with Crippen LogP contribution in [0.15, 0.2) is 54.2 Å².